The summed E-state index contributed by atoms with van der Waals surface area (Å²) in [6, 6.07) is 5.59. The van der Waals surface area contributed by atoms with Gasteiger partial charge in [0.2, 0.25) is 0 Å². The second kappa shape index (κ2) is 9.53. The Hall–Kier alpha value is -3.18. The summed E-state index contributed by atoms with van der Waals surface area (Å²) in [5.41, 5.74) is 1.46. The average Bonchev–Trinajstić information content (AvgIpc) is 3.30. The minimum atomic E-state index is -0.377. The van der Waals surface area contributed by atoms with Gasteiger partial charge >= 0.3 is 5.97 Å². The number of nitrogens with one attached hydrogen (secondary N) is 1. The fraction of sp³-hybridized carbons (Fsp3) is 0.333. The third-order valence-electron chi connectivity index (χ3n) is 5.26. The van der Waals surface area contributed by atoms with Gasteiger partial charge in [-0.3, -0.25) is 0 Å². The molecule has 1 aromatic carbocycles. The molecule has 1 saturated heterocycles. The van der Waals surface area contributed by atoms with Crippen LogP contribution in [-0.4, -0.2) is 73.5 Å². The van der Waals surface area contributed by atoms with Crippen LogP contribution in [0.5, 0.6) is 11.5 Å². The highest BCUT2D eigenvalue weighted by Crippen LogP contribution is 2.35. The molecule has 32 heavy (non-hydrogen) atoms. The number of thiocarbonyl (C=S) groups is 1. The van der Waals surface area contributed by atoms with Gasteiger partial charge in [0.1, 0.15) is 17.0 Å². The molecule has 1 aliphatic rings. The van der Waals surface area contributed by atoms with Gasteiger partial charge in [0.05, 0.1) is 32.5 Å². The van der Waals surface area contributed by atoms with Crippen LogP contribution in [0.2, 0.25) is 0 Å². The lowest BCUT2D eigenvalue weighted by atomic mass is 10.2. The van der Waals surface area contributed by atoms with Gasteiger partial charge in [0, 0.05) is 37.6 Å². The Labute approximate surface area is 194 Å². The number of rotatable bonds is 5. The van der Waals surface area contributed by atoms with Gasteiger partial charge in [-0.2, -0.15) is 0 Å². The van der Waals surface area contributed by atoms with Gasteiger partial charge in [-0.25, -0.2) is 14.8 Å². The standard InChI is InChI=1S/C21H23N5O4S2/c1-28-16-10-13-15(11-17(16)29-2)22-12-23-19(13)25-5-7-26(8-6-25)21(31)24-14-4-9-32-18(14)20(27)30-3/h4,9-12H,5-8H2,1-3H3,(H,24,31). The Morgan fingerprint density at radius 1 is 1.09 bits per heavy atom. The van der Waals surface area contributed by atoms with E-state index in [1.54, 1.807) is 20.5 Å². The number of carbonyl (C=O) groups excluding carboxylic acids is 1. The van der Waals surface area contributed by atoms with E-state index in [0.717, 1.165) is 29.8 Å². The van der Waals surface area contributed by atoms with Gasteiger partial charge in [-0.15, -0.1) is 11.3 Å². The van der Waals surface area contributed by atoms with Crippen LogP contribution in [0, 0.1) is 0 Å². The smallest absolute Gasteiger partial charge is 0.350 e. The number of carbonyl (C=O) groups is 1. The van der Waals surface area contributed by atoms with Crippen LogP contribution in [0.4, 0.5) is 11.5 Å². The van der Waals surface area contributed by atoms with Crippen molar-refractivity contribution in [2.45, 2.75) is 0 Å². The Morgan fingerprint density at radius 3 is 2.50 bits per heavy atom. The first-order chi connectivity index (χ1) is 15.5. The summed E-state index contributed by atoms with van der Waals surface area (Å²) in [5, 5.41) is 6.49. The van der Waals surface area contributed by atoms with Gasteiger partial charge in [-0.05, 0) is 29.7 Å². The molecule has 1 fully saturated rings. The maximum absolute atomic E-state index is 11.9. The molecule has 4 rings (SSSR count). The zero-order valence-corrected chi connectivity index (χ0v) is 19.6. The predicted octanol–water partition coefficient (Wildman–Crippen LogP) is 3.01. The SMILES string of the molecule is COC(=O)c1sccc1NC(=S)N1CCN(c2ncnc3cc(OC)c(OC)cc23)CC1. The van der Waals surface area contributed by atoms with E-state index in [1.165, 1.54) is 18.4 Å². The van der Waals surface area contributed by atoms with Crippen molar-refractivity contribution < 1.29 is 19.0 Å². The lowest BCUT2D eigenvalue weighted by Crippen LogP contribution is -2.50. The van der Waals surface area contributed by atoms with Crippen molar-refractivity contribution in [3.05, 3.63) is 34.8 Å². The third kappa shape index (κ3) is 4.26. The number of fused-ring (bicyclic) bond motifs is 1. The number of esters is 1. The zero-order valence-electron chi connectivity index (χ0n) is 18.0. The van der Waals surface area contributed by atoms with Crippen LogP contribution in [0.3, 0.4) is 0 Å². The highest BCUT2D eigenvalue weighted by molar-refractivity contribution is 7.80. The molecule has 0 bridgehead atoms. The minimum Gasteiger partial charge on any atom is -0.493 e. The highest BCUT2D eigenvalue weighted by Gasteiger charge is 2.23. The maximum Gasteiger partial charge on any atom is 0.350 e. The third-order valence-corrected chi connectivity index (χ3v) is 6.52. The molecule has 3 aromatic rings. The number of nitrogens with zero attached hydrogens (tertiary/aromatic N) is 4. The predicted molar refractivity (Wildman–Crippen MR) is 128 cm³/mol. The zero-order chi connectivity index (χ0) is 22.7. The first kappa shape index (κ1) is 22.0. The average molecular weight is 474 g/mol. The molecule has 0 atom stereocenters. The van der Waals surface area contributed by atoms with Crippen molar-refractivity contribution in [1.82, 2.24) is 14.9 Å². The van der Waals surface area contributed by atoms with E-state index >= 15 is 0 Å². The molecule has 0 aliphatic carbocycles. The molecule has 3 heterocycles. The largest absolute Gasteiger partial charge is 0.493 e. The van der Waals surface area contributed by atoms with Crippen molar-refractivity contribution in [2.24, 2.45) is 0 Å². The van der Waals surface area contributed by atoms with Crippen LogP contribution in [-0.2, 0) is 4.74 Å². The quantitative estimate of drug-likeness (QED) is 0.441. The van der Waals surface area contributed by atoms with E-state index in [1.807, 2.05) is 23.6 Å². The minimum absolute atomic E-state index is 0.377. The Balaban J connectivity index is 1.47. The van der Waals surface area contributed by atoms with E-state index in [2.05, 4.69) is 25.1 Å². The summed E-state index contributed by atoms with van der Waals surface area (Å²) in [6.07, 6.45) is 1.56. The normalized spacial score (nSPS) is 13.7. The van der Waals surface area contributed by atoms with Crippen LogP contribution >= 0.6 is 23.6 Å². The second-order valence-corrected chi connectivity index (χ2v) is 8.28. The number of benzene rings is 1. The number of thiophene rings is 1. The van der Waals surface area contributed by atoms with E-state index in [9.17, 15) is 4.79 Å². The topological polar surface area (TPSA) is 89.1 Å². The van der Waals surface area contributed by atoms with Crippen molar-refractivity contribution in [1.29, 1.82) is 0 Å². The fourth-order valence-electron chi connectivity index (χ4n) is 3.60. The summed E-state index contributed by atoms with van der Waals surface area (Å²) in [6.45, 7) is 2.89. The van der Waals surface area contributed by atoms with E-state index in [4.69, 9.17) is 26.4 Å². The number of piperazine rings is 1. The van der Waals surface area contributed by atoms with Gasteiger partial charge in [0.25, 0.3) is 0 Å². The molecule has 0 radical (unpaired) electrons. The monoisotopic (exact) mass is 473 g/mol. The molecule has 0 unspecified atom stereocenters. The van der Waals surface area contributed by atoms with Crippen molar-refractivity contribution in [2.75, 3.05) is 57.7 Å². The molecule has 168 valence electrons. The van der Waals surface area contributed by atoms with Gasteiger partial charge in [-0.1, -0.05) is 0 Å². The van der Waals surface area contributed by atoms with E-state index in [0.29, 0.717) is 40.3 Å². The highest BCUT2D eigenvalue weighted by atomic mass is 32.1. The first-order valence-electron chi connectivity index (χ1n) is 9.89. The number of methoxy groups -OCH3 is 3. The summed E-state index contributed by atoms with van der Waals surface area (Å²) in [5.74, 6) is 1.74. The van der Waals surface area contributed by atoms with Crippen molar-refractivity contribution in [3.63, 3.8) is 0 Å². The lowest BCUT2D eigenvalue weighted by molar-refractivity contribution is 0.0607. The molecular weight excluding hydrogens is 450 g/mol. The summed E-state index contributed by atoms with van der Waals surface area (Å²) >= 11 is 6.91. The first-order valence-corrected chi connectivity index (χ1v) is 11.2. The summed E-state index contributed by atoms with van der Waals surface area (Å²) in [4.78, 5) is 25.6. The molecule has 2 aromatic heterocycles. The fourth-order valence-corrected chi connectivity index (χ4v) is 4.65. The number of hydrogen-bond acceptors (Lipinski definition) is 9. The summed E-state index contributed by atoms with van der Waals surface area (Å²) < 4.78 is 15.7. The molecule has 0 spiro atoms. The molecule has 11 heteroatoms. The lowest BCUT2D eigenvalue weighted by Gasteiger charge is -2.37. The number of aromatic nitrogens is 2. The van der Waals surface area contributed by atoms with Crippen LogP contribution in [0.15, 0.2) is 29.9 Å². The van der Waals surface area contributed by atoms with Gasteiger partial charge in [0.15, 0.2) is 16.6 Å². The number of hydrogen-bond donors (Lipinski definition) is 1. The van der Waals surface area contributed by atoms with Gasteiger partial charge < -0.3 is 29.3 Å². The maximum atomic E-state index is 11.9. The van der Waals surface area contributed by atoms with E-state index in [-0.39, 0.29) is 5.97 Å². The van der Waals surface area contributed by atoms with Crippen molar-refractivity contribution >= 4 is 57.0 Å². The van der Waals surface area contributed by atoms with Crippen LogP contribution in [0.25, 0.3) is 10.9 Å². The van der Waals surface area contributed by atoms with Crippen LogP contribution in [0.1, 0.15) is 9.67 Å². The molecule has 0 saturated carbocycles. The van der Waals surface area contributed by atoms with Crippen molar-refractivity contribution in [3.8, 4) is 11.5 Å². The molecule has 9 nitrogen and oxygen atoms in total. The van der Waals surface area contributed by atoms with E-state index < -0.39 is 0 Å². The summed E-state index contributed by atoms with van der Waals surface area (Å²) in [7, 11) is 4.58. The molecule has 1 N–H and O–H groups in total. The Kier molecular flexibility index (Phi) is 6.56. The number of anilines is 2. The number of ether oxygens (including phenoxy) is 3. The Bertz CT molecular complexity index is 1140. The Morgan fingerprint density at radius 2 is 1.81 bits per heavy atom. The molecular formula is C21H23N5O4S2. The molecule has 1 aliphatic heterocycles. The second-order valence-electron chi connectivity index (χ2n) is 6.98. The molecule has 0 amide bonds. The van der Waals surface area contributed by atoms with Crippen LogP contribution < -0.4 is 19.7 Å².